The lowest BCUT2D eigenvalue weighted by molar-refractivity contribution is -0.125. The number of halogens is 2. The largest absolute Gasteiger partial charge is 0.351 e. The Balaban J connectivity index is 1.96. The molecule has 1 saturated heterocycles. The number of amides is 4. The smallest absolute Gasteiger partial charge is 0.318 e. The average Bonchev–Trinajstić information content (AvgIpc) is 2.53. The fraction of sp³-hybridized carbons (Fsp3) is 0.400. The normalized spacial score (nSPS) is 16.5. The summed E-state index contributed by atoms with van der Waals surface area (Å²) in [6.45, 7) is 3.35. The maximum atomic E-state index is 13.1. The highest BCUT2D eigenvalue weighted by molar-refractivity contribution is 6.33. The van der Waals surface area contributed by atoms with Gasteiger partial charge in [-0.2, -0.15) is 0 Å². The van der Waals surface area contributed by atoms with Crippen LogP contribution >= 0.6 is 11.6 Å². The van der Waals surface area contributed by atoms with Crippen LogP contribution in [0.4, 0.5) is 9.18 Å². The standard InChI is InChI=1S/C15H18ClFN4O3/c1-9(13(22)19-15(18)24)20-4-6-21(7-5-20)14(23)11-3-2-10(17)8-12(11)16/h2-3,8-9H,4-7H2,1H3,(H3,18,19,22,24). The first-order valence-corrected chi connectivity index (χ1v) is 7.76. The predicted molar refractivity (Wildman–Crippen MR) is 86.1 cm³/mol. The van der Waals surface area contributed by atoms with Crippen molar-refractivity contribution >= 4 is 29.4 Å². The molecule has 0 bridgehead atoms. The molecule has 1 heterocycles. The lowest BCUT2D eigenvalue weighted by atomic mass is 10.1. The third kappa shape index (κ3) is 4.21. The monoisotopic (exact) mass is 356 g/mol. The maximum absolute atomic E-state index is 13.1. The number of hydrogen-bond donors (Lipinski definition) is 2. The fourth-order valence-corrected chi connectivity index (χ4v) is 2.79. The Labute approximate surface area is 143 Å². The van der Waals surface area contributed by atoms with Crippen LogP contribution in [-0.4, -0.2) is 59.9 Å². The van der Waals surface area contributed by atoms with E-state index in [2.05, 4.69) is 0 Å². The number of piperazine rings is 1. The molecule has 1 aromatic rings. The number of nitrogens with one attached hydrogen (secondary N) is 1. The first-order chi connectivity index (χ1) is 11.3. The summed E-state index contributed by atoms with van der Waals surface area (Å²) in [6.07, 6.45) is 0. The Morgan fingerprint density at radius 3 is 2.42 bits per heavy atom. The second kappa shape index (κ2) is 7.59. The van der Waals surface area contributed by atoms with Crippen molar-refractivity contribution in [2.75, 3.05) is 26.2 Å². The Morgan fingerprint density at radius 2 is 1.88 bits per heavy atom. The van der Waals surface area contributed by atoms with E-state index in [4.69, 9.17) is 17.3 Å². The van der Waals surface area contributed by atoms with E-state index < -0.39 is 23.8 Å². The summed E-state index contributed by atoms with van der Waals surface area (Å²) in [5.74, 6) is -1.27. The lowest BCUT2D eigenvalue weighted by Gasteiger charge is -2.37. The van der Waals surface area contributed by atoms with Gasteiger partial charge in [-0.1, -0.05) is 11.6 Å². The van der Waals surface area contributed by atoms with Crippen LogP contribution in [-0.2, 0) is 4.79 Å². The van der Waals surface area contributed by atoms with Crippen LogP contribution < -0.4 is 11.1 Å². The number of carbonyl (C=O) groups excluding carboxylic acids is 3. The Kier molecular flexibility index (Phi) is 5.74. The summed E-state index contributed by atoms with van der Waals surface area (Å²) in [6, 6.07) is 2.21. The third-order valence-electron chi connectivity index (χ3n) is 3.94. The highest BCUT2D eigenvalue weighted by Gasteiger charge is 2.29. The van der Waals surface area contributed by atoms with E-state index in [9.17, 15) is 18.8 Å². The number of nitrogens with two attached hydrogens (primary N) is 1. The molecule has 0 radical (unpaired) electrons. The minimum Gasteiger partial charge on any atom is -0.351 e. The van der Waals surface area contributed by atoms with E-state index in [0.29, 0.717) is 26.2 Å². The first-order valence-electron chi connectivity index (χ1n) is 7.38. The Bertz CT molecular complexity index is 662. The van der Waals surface area contributed by atoms with Crippen LogP contribution in [0.25, 0.3) is 0 Å². The summed E-state index contributed by atoms with van der Waals surface area (Å²) < 4.78 is 13.1. The number of rotatable bonds is 3. The molecule has 0 aliphatic carbocycles. The van der Waals surface area contributed by atoms with Gasteiger partial charge in [-0.05, 0) is 25.1 Å². The predicted octanol–water partition coefficient (Wildman–Crippen LogP) is 0.820. The van der Waals surface area contributed by atoms with Crippen molar-refractivity contribution in [2.24, 2.45) is 5.73 Å². The van der Waals surface area contributed by atoms with E-state index in [1.807, 2.05) is 10.2 Å². The van der Waals surface area contributed by atoms with Crippen molar-refractivity contribution in [2.45, 2.75) is 13.0 Å². The SMILES string of the molecule is CC(C(=O)NC(N)=O)N1CCN(C(=O)c2ccc(F)cc2Cl)CC1. The van der Waals surface area contributed by atoms with Crippen molar-refractivity contribution in [3.63, 3.8) is 0 Å². The lowest BCUT2D eigenvalue weighted by Crippen LogP contribution is -2.56. The zero-order valence-electron chi connectivity index (χ0n) is 13.1. The molecule has 130 valence electrons. The van der Waals surface area contributed by atoms with Crippen molar-refractivity contribution in [1.82, 2.24) is 15.1 Å². The highest BCUT2D eigenvalue weighted by atomic mass is 35.5. The molecule has 2 rings (SSSR count). The van der Waals surface area contributed by atoms with Gasteiger partial charge in [0.05, 0.1) is 16.6 Å². The second-order valence-corrected chi connectivity index (χ2v) is 5.89. The van der Waals surface area contributed by atoms with E-state index in [-0.39, 0.29) is 16.5 Å². The van der Waals surface area contributed by atoms with Gasteiger partial charge < -0.3 is 10.6 Å². The minimum absolute atomic E-state index is 0.0663. The minimum atomic E-state index is -0.897. The van der Waals surface area contributed by atoms with Crippen LogP contribution in [0.15, 0.2) is 18.2 Å². The maximum Gasteiger partial charge on any atom is 0.318 e. The van der Waals surface area contributed by atoms with Gasteiger partial charge in [-0.25, -0.2) is 9.18 Å². The zero-order valence-corrected chi connectivity index (χ0v) is 13.8. The number of urea groups is 1. The molecule has 0 aromatic heterocycles. The molecule has 1 unspecified atom stereocenters. The Morgan fingerprint density at radius 1 is 1.25 bits per heavy atom. The first kappa shape index (κ1) is 18.2. The molecule has 1 aliphatic heterocycles. The number of nitrogens with zero attached hydrogens (tertiary/aromatic N) is 2. The molecule has 0 spiro atoms. The molecule has 7 nitrogen and oxygen atoms in total. The van der Waals surface area contributed by atoms with E-state index in [0.717, 1.165) is 6.07 Å². The summed E-state index contributed by atoms with van der Waals surface area (Å²) in [4.78, 5) is 38.4. The highest BCUT2D eigenvalue weighted by Crippen LogP contribution is 2.20. The molecule has 4 amide bonds. The van der Waals surface area contributed by atoms with Crippen LogP contribution in [0.2, 0.25) is 5.02 Å². The van der Waals surface area contributed by atoms with Gasteiger partial charge in [-0.15, -0.1) is 0 Å². The molecule has 3 N–H and O–H groups in total. The van der Waals surface area contributed by atoms with Gasteiger partial charge in [0.25, 0.3) is 5.91 Å². The summed E-state index contributed by atoms with van der Waals surface area (Å²) >= 11 is 5.92. The van der Waals surface area contributed by atoms with Crippen LogP contribution in [0.3, 0.4) is 0 Å². The topological polar surface area (TPSA) is 95.7 Å². The molecular formula is C15H18ClFN4O3. The van der Waals surface area contributed by atoms with E-state index in [1.165, 1.54) is 12.1 Å². The number of hydrogen-bond acceptors (Lipinski definition) is 4. The fourth-order valence-electron chi connectivity index (χ4n) is 2.54. The van der Waals surface area contributed by atoms with Crippen molar-refractivity contribution in [1.29, 1.82) is 0 Å². The molecule has 1 aliphatic rings. The van der Waals surface area contributed by atoms with Crippen LogP contribution in [0.5, 0.6) is 0 Å². The molecule has 24 heavy (non-hydrogen) atoms. The summed E-state index contributed by atoms with van der Waals surface area (Å²) in [5, 5.41) is 2.10. The molecule has 1 atom stereocenters. The Hall–Kier alpha value is -2.19. The summed E-state index contributed by atoms with van der Waals surface area (Å²) in [5.41, 5.74) is 5.17. The molecule has 1 aromatic carbocycles. The molecular weight excluding hydrogens is 339 g/mol. The van der Waals surface area contributed by atoms with E-state index in [1.54, 1.807) is 11.8 Å². The molecule has 1 fully saturated rings. The van der Waals surface area contributed by atoms with Crippen molar-refractivity contribution in [3.05, 3.63) is 34.6 Å². The van der Waals surface area contributed by atoms with Crippen molar-refractivity contribution < 1.29 is 18.8 Å². The van der Waals surface area contributed by atoms with Gasteiger partial charge in [0.15, 0.2) is 0 Å². The van der Waals surface area contributed by atoms with Gasteiger partial charge >= 0.3 is 6.03 Å². The second-order valence-electron chi connectivity index (χ2n) is 5.48. The van der Waals surface area contributed by atoms with Gasteiger partial charge in [0, 0.05) is 26.2 Å². The number of primary amides is 1. The molecule has 9 heteroatoms. The number of imide groups is 1. The number of carbonyl (C=O) groups is 3. The van der Waals surface area contributed by atoms with Gasteiger partial charge in [0.2, 0.25) is 5.91 Å². The number of benzene rings is 1. The van der Waals surface area contributed by atoms with E-state index >= 15 is 0 Å². The molecule has 0 saturated carbocycles. The van der Waals surface area contributed by atoms with Gasteiger partial charge in [-0.3, -0.25) is 19.8 Å². The van der Waals surface area contributed by atoms with Crippen LogP contribution in [0.1, 0.15) is 17.3 Å². The van der Waals surface area contributed by atoms with Crippen molar-refractivity contribution in [3.8, 4) is 0 Å². The average molecular weight is 357 g/mol. The summed E-state index contributed by atoms with van der Waals surface area (Å²) in [7, 11) is 0. The zero-order chi connectivity index (χ0) is 17.9. The van der Waals surface area contributed by atoms with Gasteiger partial charge in [0.1, 0.15) is 5.82 Å². The van der Waals surface area contributed by atoms with Crippen LogP contribution in [0, 0.1) is 5.82 Å². The third-order valence-corrected chi connectivity index (χ3v) is 4.25. The quantitative estimate of drug-likeness (QED) is 0.838.